The van der Waals surface area contributed by atoms with Crippen molar-refractivity contribution in [1.29, 1.82) is 0 Å². The molecular weight excluding hydrogens is 300 g/mol. The van der Waals surface area contributed by atoms with Gasteiger partial charge in [-0.25, -0.2) is 0 Å². The van der Waals surface area contributed by atoms with E-state index < -0.39 is 0 Å². The Kier molecular flexibility index (Phi) is 6.01. The van der Waals surface area contributed by atoms with E-state index in [0.717, 1.165) is 24.5 Å². The van der Waals surface area contributed by atoms with E-state index in [4.69, 9.17) is 17.3 Å². The summed E-state index contributed by atoms with van der Waals surface area (Å²) in [4.78, 5) is 2.57. The SMILES string of the molecule is CCC(N)C(c1ccc(Cl)cc1)N1CCSC(C)(C)CC1. The second kappa shape index (κ2) is 7.36. The lowest BCUT2D eigenvalue weighted by molar-refractivity contribution is 0.177. The van der Waals surface area contributed by atoms with E-state index in [1.807, 2.05) is 12.1 Å². The highest BCUT2D eigenvalue weighted by Gasteiger charge is 2.30. The fourth-order valence-corrected chi connectivity index (χ4v) is 4.17. The first-order chi connectivity index (χ1) is 9.93. The van der Waals surface area contributed by atoms with Crippen LogP contribution in [0.25, 0.3) is 0 Å². The van der Waals surface area contributed by atoms with Gasteiger partial charge in [0.1, 0.15) is 0 Å². The van der Waals surface area contributed by atoms with Gasteiger partial charge in [-0.05, 0) is 30.5 Å². The largest absolute Gasteiger partial charge is 0.326 e. The van der Waals surface area contributed by atoms with Gasteiger partial charge in [-0.15, -0.1) is 0 Å². The van der Waals surface area contributed by atoms with Crippen molar-refractivity contribution < 1.29 is 0 Å². The van der Waals surface area contributed by atoms with Crippen LogP contribution in [0.5, 0.6) is 0 Å². The highest BCUT2D eigenvalue weighted by molar-refractivity contribution is 8.00. The number of nitrogens with two attached hydrogens (primary N) is 1. The van der Waals surface area contributed by atoms with Crippen molar-refractivity contribution >= 4 is 23.4 Å². The normalized spacial score (nSPS) is 22.5. The van der Waals surface area contributed by atoms with Gasteiger partial charge in [0.15, 0.2) is 0 Å². The number of nitrogens with zero attached hydrogens (tertiary/aromatic N) is 1. The number of hydrogen-bond donors (Lipinski definition) is 1. The van der Waals surface area contributed by atoms with Gasteiger partial charge in [-0.2, -0.15) is 11.8 Å². The zero-order chi connectivity index (χ0) is 15.5. The van der Waals surface area contributed by atoms with Crippen molar-refractivity contribution in [2.45, 2.75) is 50.4 Å². The predicted molar refractivity (Wildman–Crippen MR) is 95.2 cm³/mol. The van der Waals surface area contributed by atoms with Gasteiger partial charge in [0, 0.05) is 40.7 Å². The van der Waals surface area contributed by atoms with Gasteiger partial charge in [0.25, 0.3) is 0 Å². The number of thioether (sulfide) groups is 1. The molecule has 0 radical (unpaired) electrons. The molecule has 0 aliphatic carbocycles. The van der Waals surface area contributed by atoms with Crippen molar-refractivity contribution in [3.63, 3.8) is 0 Å². The van der Waals surface area contributed by atoms with Crippen LogP contribution >= 0.6 is 23.4 Å². The van der Waals surface area contributed by atoms with Gasteiger partial charge in [-0.1, -0.05) is 44.5 Å². The van der Waals surface area contributed by atoms with Gasteiger partial charge < -0.3 is 5.73 Å². The molecule has 1 saturated heterocycles. The van der Waals surface area contributed by atoms with E-state index in [0.29, 0.717) is 10.8 Å². The Morgan fingerprint density at radius 3 is 2.57 bits per heavy atom. The molecule has 21 heavy (non-hydrogen) atoms. The van der Waals surface area contributed by atoms with Crippen LogP contribution in [0, 0.1) is 0 Å². The van der Waals surface area contributed by atoms with Crippen LogP contribution in [-0.4, -0.2) is 34.5 Å². The Morgan fingerprint density at radius 2 is 1.95 bits per heavy atom. The molecule has 1 aromatic carbocycles. The first-order valence-electron chi connectivity index (χ1n) is 7.82. The third-order valence-corrected chi connectivity index (χ3v) is 5.98. The third-order valence-electron chi connectivity index (χ3n) is 4.35. The average molecular weight is 327 g/mol. The monoisotopic (exact) mass is 326 g/mol. The van der Waals surface area contributed by atoms with Crippen molar-refractivity contribution in [1.82, 2.24) is 4.90 Å². The van der Waals surface area contributed by atoms with Crippen LogP contribution < -0.4 is 5.73 Å². The van der Waals surface area contributed by atoms with E-state index >= 15 is 0 Å². The van der Waals surface area contributed by atoms with Gasteiger partial charge in [-0.3, -0.25) is 4.90 Å². The molecular formula is C17H27ClN2S. The zero-order valence-corrected chi connectivity index (χ0v) is 14.9. The second-order valence-corrected chi connectivity index (χ2v) is 8.70. The Morgan fingerprint density at radius 1 is 1.29 bits per heavy atom. The first-order valence-corrected chi connectivity index (χ1v) is 9.18. The summed E-state index contributed by atoms with van der Waals surface area (Å²) in [5.74, 6) is 1.17. The first kappa shape index (κ1) is 17.1. The Hall–Kier alpha value is -0.220. The molecule has 2 atom stereocenters. The quantitative estimate of drug-likeness (QED) is 0.892. The fraction of sp³-hybridized carbons (Fsp3) is 0.647. The maximum Gasteiger partial charge on any atom is 0.0499 e. The van der Waals surface area contributed by atoms with E-state index in [-0.39, 0.29) is 6.04 Å². The topological polar surface area (TPSA) is 29.3 Å². The van der Waals surface area contributed by atoms with Crippen LogP contribution in [0.1, 0.15) is 45.2 Å². The molecule has 0 amide bonds. The second-order valence-electron chi connectivity index (χ2n) is 6.46. The molecule has 1 aliphatic heterocycles. The maximum absolute atomic E-state index is 6.46. The summed E-state index contributed by atoms with van der Waals surface area (Å²) in [5.41, 5.74) is 7.75. The predicted octanol–water partition coefficient (Wildman–Crippen LogP) is 4.34. The molecule has 1 fully saturated rings. The van der Waals surface area contributed by atoms with Crippen molar-refractivity contribution in [3.05, 3.63) is 34.9 Å². The van der Waals surface area contributed by atoms with E-state index in [1.54, 1.807) is 0 Å². The lowest BCUT2D eigenvalue weighted by Gasteiger charge is -2.35. The summed E-state index contributed by atoms with van der Waals surface area (Å²) in [6, 6.07) is 8.67. The van der Waals surface area contributed by atoms with Crippen LogP contribution in [0.15, 0.2) is 24.3 Å². The lowest BCUT2D eigenvalue weighted by atomic mass is 9.95. The van der Waals surface area contributed by atoms with E-state index in [2.05, 4.69) is 49.6 Å². The average Bonchev–Trinajstić information content (AvgIpc) is 2.62. The Bertz CT molecular complexity index is 447. The maximum atomic E-state index is 6.46. The van der Waals surface area contributed by atoms with Crippen molar-refractivity contribution in [2.75, 3.05) is 18.8 Å². The number of halogens is 1. The van der Waals surface area contributed by atoms with Crippen LogP contribution in [0.4, 0.5) is 0 Å². The van der Waals surface area contributed by atoms with Crippen molar-refractivity contribution in [3.8, 4) is 0 Å². The third kappa shape index (κ3) is 4.62. The summed E-state index contributed by atoms with van der Waals surface area (Å²) in [6.07, 6.45) is 2.19. The lowest BCUT2D eigenvalue weighted by Crippen LogP contribution is -2.42. The molecule has 0 bridgehead atoms. The van der Waals surface area contributed by atoms with Gasteiger partial charge in [0.05, 0.1) is 0 Å². The molecule has 1 aromatic rings. The molecule has 2 rings (SSSR count). The summed E-state index contributed by atoms with van der Waals surface area (Å²) < 4.78 is 0.371. The van der Waals surface area contributed by atoms with Crippen LogP contribution in [-0.2, 0) is 0 Å². The minimum absolute atomic E-state index is 0.164. The summed E-state index contributed by atoms with van der Waals surface area (Å²) in [7, 11) is 0. The fourth-order valence-electron chi connectivity index (χ4n) is 2.93. The molecule has 1 aliphatic rings. The molecule has 2 unspecified atom stereocenters. The number of hydrogen-bond acceptors (Lipinski definition) is 3. The van der Waals surface area contributed by atoms with Crippen LogP contribution in [0.3, 0.4) is 0 Å². The molecule has 2 N–H and O–H groups in total. The molecule has 2 nitrogen and oxygen atoms in total. The number of rotatable bonds is 4. The standard InChI is InChI=1S/C17H27ClN2S/c1-4-15(19)16(13-5-7-14(18)8-6-13)20-10-9-17(2,3)21-12-11-20/h5-8,15-16H,4,9-12,19H2,1-3H3. The summed E-state index contributed by atoms with van der Waals surface area (Å²) in [5, 5.41) is 0.787. The highest BCUT2D eigenvalue weighted by atomic mass is 35.5. The van der Waals surface area contributed by atoms with Gasteiger partial charge >= 0.3 is 0 Å². The number of benzene rings is 1. The molecule has 0 spiro atoms. The molecule has 0 aromatic heterocycles. The van der Waals surface area contributed by atoms with E-state index in [9.17, 15) is 0 Å². The van der Waals surface area contributed by atoms with Crippen molar-refractivity contribution in [2.24, 2.45) is 5.73 Å². The minimum atomic E-state index is 0.164. The highest BCUT2D eigenvalue weighted by Crippen LogP contribution is 2.35. The Balaban J connectivity index is 2.21. The minimum Gasteiger partial charge on any atom is -0.326 e. The Labute approximate surface area is 138 Å². The summed E-state index contributed by atoms with van der Waals surface area (Å²) >= 11 is 8.11. The van der Waals surface area contributed by atoms with E-state index in [1.165, 1.54) is 17.7 Å². The molecule has 118 valence electrons. The summed E-state index contributed by atoms with van der Waals surface area (Å²) in [6.45, 7) is 9.08. The molecule has 4 heteroatoms. The molecule has 0 saturated carbocycles. The van der Waals surface area contributed by atoms with Gasteiger partial charge in [0.2, 0.25) is 0 Å². The molecule has 1 heterocycles. The zero-order valence-electron chi connectivity index (χ0n) is 13.3. The smallest absolute Gasteiger partial charge is 0.0499 e. The van der Waals surface area contributed by atoms with Crippen LogP contribution in [0.2, 0.25) is 5.02 Å².